The van der Waals surface area contributed by atoms with E-state index in [2.05, 4.69) is 180 Å². The molecule has 56 heavy (non-hydrogen) atoms. The van der Waals surface area contributed by atoms with Crippen molar-refractivity contribution in [3.63, 3.8) is 0 Å². The van der Waals surface area contributed by atoms with Crippen molar-refractivity contribution in [3.8, 4) is 27.9 Å². The van der Waals surface area contributed by atoms with E-state index >= 15 is 0 Å². The van der Waals surface area contributed by atoms with E-state index in [9.17, 15) is 0 Å². The monoisotopic (exact) mass is 718 g/mol. The minimum atomic E-state index is -0.368. The summed E-state index contributed by atoms with van der Waals surface area (Å²) >= 11 is 0. The van der Waals surface area contributed by atoms with Gasteiger partial charge in [0.1, 0.15) is 17.6 Å². The number of hydrogen-bond acceptors (Lipinski definition) is 4. The number of amidine groups is 2. The highest BCUT2D eigenvalue weighted by atomic mass is 16.3. The Hall–Kier alpha value is -7.50. The van der Waals surface area contributed by atoms with Crippen molar-refractivity contribution >= 4 is 55.4 Å². The number of rotatable bonds is 6. The minimum absolute atomic E-state index is 0.368. The zero-order valence-corrected chi connectivity index (χ0v) is 30.3. The largest absolute Gasteiger partial charge is 0.453 e. The molecule has 0 saturated carbocycles. The number of fused-ring (bicyclic) bond motifs is 6. The van der Waals surface area contributed by atoms with Gasteiger partial charge in [-0.25, -0.2) is 9.98 Å². The second-order valence-electron chi connectivity index (χ2n) is 14.2. The molecule has 0 spiro atoms. The molecule has 5 heteroatoms. The van der Waals surface area contributed by atoms with Crippen LogP contribution in [0, 0.1) is 0 Å². The van der Waals surface area contributed by atoms with E-state index in [0.29, 0.717) is 5.84 Å². The van der Waals surface area contributed by atoms with Gasteiger partial charge in [-0.3, -0.25) is 0 Å². The smallest absolute Gasteiger partial charge is 0.163 e. The maximum atomic E-state index is 7.07. The molecule has 0 bridgehead atoms. The summed E-state index contributed by atoms with van der Waals surface area (Å²) in [7, 11) is 0. The second kappa shape index (κ2) is 13.1. The van der Waals surface area contributed by atoms with Crippen LogP contribution in [-0.4, -0.2) is 16.2 Å². The highest BCUT2D eigenvalue weighted by molar-refractivity contribution is 6.20. The third kappa shape index (κ3) is 5.32. The van der Waals surface area contributed by atoms with Crippen LogP contribution in [-0.2, 0) is 0 Å². The van der Waals surface area contributed by atoms with Gasteiger partial charge in [0.25, 0.3) is 0 Å². The Morgan fingerprint density at radius 3 is 1.80 bits per heavy atom. The summed E-state index contributed by atoms with van der Waals surface area (Å²) in [5.74, 6) is 1.38. The van der Waals surface area contributed by atoms with Crippen LogP contribution in [0.1, 0.15) is 22.9 Å². The van der Waals surface area contributed by atoms with E-state index in [1.807, 2.05) is 24.3 Å². The normalized spacial score (nSPS) is 14.2. The Kier molecular flexibility index (Phi) is 7.49. The first kappa shape index (κ1) is 32.0. The highest BCUT2D eigenvalue weighted by Crippen LogP contribution is 2.40. The lowest BCUT2D eigenvalue weighted by Gasteiger charge is -2.24. The molecule has 1 N–H and O–H groups in total. The zero-order chi connectivity index (χ0) is 37.0. The van der Waals surface area contributed by atoms with E-state index in [-0.39, 0.29) is 6.17 Å². The molecule has 8 aromatic carbocycles. The van der Waals surface area contributed by atoms with Gasteiger partial charge < -0.3 is 14.3 Å². The lowest BCUT2D eigenvalue weighted by molar-refractivity contribution is 0.661. The second-order valence-corrected chi connectivity index (χ2v) is 14.2. The molecule has 10 aromatic rings. The average Bonchev–Trinajstić information content (AvgIpc) is 3.83. The summed E-state index contributed by atoms with van der Waals surface area (Å²) in [6.45, 7) is 0. The Morgan fingerprint density at radius 1 is 0.446 bits per heavy atom. The fourth-order valence-electron chi connectivity index (χ4n) is 8.20. The van der Waals surface area contributed by atoms with Gasteiger partial charge in [0.05, 0.1) is 22.3 Å². The molecular formula is C51H34N4O. The SMILES string of the molecule is c1ccc(C2=NC(c3cccc4c3oc3c(-n5c6ccccc6c6ccc(-c7ccccc7)cc65)cccc34)=NC(c3cccc(-c4ccccc4)c3)N2)cc1. The molecule has 264 valence electrons. The predicted octanol–water partition coefficient (Wildman–Crippen LogP) is 12.5. The molecule has 0 saturated heterocycles. The van der Waals surface area contributed by atoms with Crippen LogP contribution in [0.15, 0.2) is 209 Å². The van der Waals surface area contributed by atoms with Crippen molar-refractivity contribution in [2.75, 3.05) is 0 Å². The van der Waals surface area contributed by atoms with Gasteiger partial charge in [-0.05, 0) is 58.1 Å². The number of aromatic nitrogens is 1. The number of benzene rings is 8. The summed E-state index contributed by atoms with van der Waals surface area (Å²) in [5.41, 5.74) is 12.3. The van der Waals surface area contributed by atoms with E-state index in [4.69, 9.17) is 14.4 Å². The predicted molar refractivity (Wildman–Crippen MR) is 231 cm³/mol. The fraction of sp³-hybridized carbons (Fsp3) is 0.0196. The summed E-state index contributed by atoms with van der Waals surface area (Å²) in [5, 5.41) is 8.10. The Morgan fingerprint density at radius 2 is 1.04 bits per heavy atom. The molecule has 1 aliphatic rings. The molecule has 1 unspecified atom stereocenters. The van der Waals surface area contributed by atoms with Gasteiger partial charge in [0, 0.05) is 27.1 Å². The zero-order valence-electron chi connectivity index (χ0n) is 30.3. The fourth-order valence-corrected chi connectivity index (χ4v) is 8.20. The quantitative estimate of drug-likeness (QED) is 0.186. The van der Waals surface area contributed by atoms with Crippen molar-refractivity contribution < 1.29 is 4.42 Å². The van der Waals surface area contributed by atoms with E-state index in [0.717, 1.165) is 72.3 Å². The van der Waals surface area contributed by atoms with Gasteiger partial charge in [0.15, 0.2) is 11.4 Å². The first-order chi connectivity index (χ1) is 27.8. The van der Waals surface area contributed by atoms with Crippen molar-refractivity contribution in [1.82, 2.24) is 9.88 Å². The maximum Gasteiger partial charge on any atom is 0.163 e. The van der Waals surface area contributed by atoms with Crippen LogP contribution in [0.5, 0.6) is 0 Å². The number of para-hydroxylation sites is 3. The maximum absolute atomic E-state index is 7.07. The molecule has 0 amide bonds. The van der Waals surface area contributed by atoms with Crippen molar-refractivity contribution in [3.05, 3.63) is 211 Å². The number of nitrogens with zero attached hydrogens (tertiary/aromatic N) is 3. The standard InChI is InChI=1S/C51H34N4O/c1-4-15-33(16-5-1)36-21-12-22-38(31-36)50-52-49(35-19-8-3-9-20-35)53-51(54-50)43-26-13-24-41-42-25-14-28-45(48(42)56-47(41)43)55-44-27-11-10-23-39(44)40-30-29-37(32-46(40)55)34-17-6-2-7-18-34/h1-32,50H,(H,52,53,54). The topological polar surface area (TPSA) is 54.8 Å². The van der Waals surface area contributed by atoms with E-state index in [1.165, 1.54) is 21.9 Å². The van der Waals surface area contributed by atoms with Crippen LogP contribution in [0.25, 0.3) is 71.7 Å². The summed E-state index contributed by atoms with van der Waals surface area (Å²) in [6, 6.07) is 68.0. The van der Waals surface area contributed by atoms with Crippen LogP contribution >= 0.6 is 0 Å². The van der Waals surface area contributed by atoms with Gasteiger partial charge in [-0.1, -0.05) is 164 Å². The number of furan rings is 1. The third-order valence-corrected chi connectivity index (χ3v) is 10.9. The van der Waals surface area contributed by atoms with Gasteiger partial charge in [-0.2, -0.15) is 0 Å². The summed E-state index contributed by atoms with van der Waals surface area (Å²) in [4.78, 5) is 10.5. The average molecular weight is 719 g/mol. The van der Waals surface area contributed by atoms with Gasteiger partial charge >= 0.3 is 0 Å². The van der Waals surface area contributed by atoms with Crippen LogP contribution < -0.4 is 5.32 Å². The number of hydrogen-bond donors (Lipinski definition) is 1. The van der Waals surface area contributed by atoms with Crippen molar-refractivity contribution in [2.45, 2.75) is 6.17 Å². The molecular weight excluding hydrogens is 685 g/mol. The molecule has 0 radical (unpaired) electrons. The minimum Gasteiger partial charge on any atom is -0.453 e. The van der Waals surface area contributed by atoms with Gasteiger partial charge in [-0.15, -0.1) is 0 Å². The summed E-state index contributed by atoms with van der Waals surface area (Å²) in [6.07, 6.45) is -0.368. The molecule has 2 aromatic heterocycles. The van der Waals surface area contributed by atoms with Crippen LogP contribution in [0.2, 0.25) is 0 Å². The Labute approximate surface area is 323 Å². The number of aliphatic imine (C=N–C) groups is 2. The van der Waals surface area contributed by atoms with Crippen molar-refractivity contribution in [1.29, 1.82) is 0 Å². The number of nitrogens with one attached hydrogen (secondary N) is 1. The molecule has 5 nitrogen and oxygen atoms in total. The highest BCUT2D eigenvalue weighted by Gasteiger charge is 2.25. The first-order valence-electron chi connectivity index (χ1n) is 18.9. The molecule has 1 aliphatic heterocycles. The van der Waals surface area contributed by atoms with E-state index < -0.39 is 0 Å². The molecule has 0 fully saturated rings. The molecule has 11 rings (SSSR count). The Balaban J connectivity index is 1.10. The lowest BCUT2D eigenvalue weighted by atomic mass is 10.0. The molecule has 0 aliphatic carbocycles. The van der Waals surface area contributed by atoms with Crippen LogP contribution in [0.3, 0.4) is 0 Å². The molecule has 3 heterocycles. The van der Waals surface area contributed by atoms with Gasteiger partial charge in [0.2, 0.25) is 0 Å². The third-order valence-electron chi connectivity index (χ3n) is 10.9. The lowest BCUT2D eigenvalue weighted by Crippen LogP contribution is -2.33. The van der Waals surface area contributed by atoms with E-state index in [1.54, 1.807) is 0 Å². The Bertz CT molecular complexity index is 3160. The van der Waals surface area contributed by atoms with Crippen molar-refractivity contribution in [2.24, 2.45) is 9.98 Å². The molecule has 1 atom stereocenters. The van der Waals surface area contributed by atoms with Crippen LogP contribution in [0.4, 0.5) is 0 Å². The summed E-state index contributed by atoms with van der Waals surface area (Å²) < 4.78 is 9.42. The first-order valence-corrected chi connectivity index (χ1v) is 18.9.